The Bertz CT molecular complexity index is 506. The lowest BCUT2D eigenvalue weighted by Crippen LogP contribution is -2.46. The number of morpholine rings is 1. The van der Waals surface area contributed by atoms with Crippen LogP contribution in [0, 0.1) is 6.92 Å². The average Bonchev–Trinajstić information content (AvgIpc) is 2.58. The first-order valence-electron chi connectivity index (χ1n) is 8.53. The van der Waals surface area contributed by atoms with Crippen LogP contribution in [0.15, 0.2) is 29.2 Å². The summed E-state index contributed by atoms with van der Waals surface area (Å²) in [5, 5.41) is 3.98. The molecule has 2 fully saturated rings. The molecule has 0 bridgehead atoms. The smallest absolute Gasteiger partial charge is 0.224 e. The molecule has 0 saturated carbocycles. The first-order valence-corrected chi connectivity index (χ1v) is 9.41. The number of hydrogen-bond acceptors (Lipinski definition) is 4. The molecule has 0 radical (unpaired) electrons. The summed E-state index contributed by atoms with van der Waals surface area (Å²) >= 11 is 1.95. The molecule has 0 aliphatic carbocycles. The minimum absolute atomic E-state index is 0.191. The second-order valence-electron chi connectivity index (χ2n) is 6.44. The summed E-state index contributed by atoms with van der Waals surface area (Å²) in [7, 11) is 0. The average molecular weight is 334 g/mol. The van der Waals surface area contributed by atoms with Gasteiger partial charge in [0.2, 0.25) is 5.91 Å². The Morgan fingerprint density at radius 1 is 1.30 bits per heavy atom. The third-order valence-electron chi connectivity index (χ3n) is 4.54. The highest BCUT2D eigenvalue weighted by Gasteiger charge is 2.25. The van der Waals surface area contributed by atoms with E-state index in [0.29, 0.717) is 18.3 Å². The number of nitrogens with zero attached hydrogens (tertiary/aromatic N) is 1. The summed E-state index contributed by atoms with van der Waals surface area (Å²) < 4.78 is 5.43. The second-order valence-corrected chi connectivity index (χ2v) is 7.81. The topological polar surface area (TPSA) is 41.6 Å². The summed E-state index contributed by atoms with van der Waals surface area (Å²) in [5.41, 5.74) is 1.30. The van der Waals surface area contributed by atoms with Crippen molar-refractivity contribution in [3.8, 4) is 0 Å². The lowest BCUT2D eigenvalue weighted by molar-refractivity contribution is -0.133. The number of nitrogens with one attached hydrogen (secondary N) is 1. The molecule has 3 rings (SSSR count). The maximum absolute atomic E-state index is 12.4. The zero-order valence-electron chi connectivity index (χ0n) is 13.8. The van der Waals surface area contributed by atoms with Gasteiger partial charge in [0, 0.05) is 42.2 Å². The molecule has 0 aromatic heterocycles. The second kappa shape index (κ2) is 8.18. The fraction of sp³-hybridized carbons (Fsp3) is 0.611. The number of likely N-dealkylation sites (tertiary alicyclic amines) is 1. The van der Waals surface area contributed by atoms with Crippen molar-refractivity contribution in [2.75, 3.05) is 32.8 Å². The fourth-order valence-corrected chi connectivity index (χ4v) is 4.25. The van der Waals surface area contributed by atoms with E-state index in [1.165, 1.54) is 10.5 Å². The van der Waals surface area contributed by atoms with Crippen LogP contribution in [0.2, 0.25) is 0 Å². The quantitative estimate of drug-likeness (QED) is 0.918. The molecule has 2 heterocycles. The van der Waals surface area contributed by atoms with E-state index in [0.717, 1.165) is 39.1 Å². The predicted octanol–water partition coefficient (Wildman–Crippen LogP) is 2.46. The highest BCUT2D eigenvalue weighted by Crippen LogP contribution is 2.30. The van der Waals surface area contributed by atoms with Crippen LogP contribution < -0.4 is 5.32 Å². The maximum Gasteiger partial charge on any atom is 0.224 e. The van der Waals surface area contributed by atoms with Crippen LogP contribution in [-0.4, -0.2) is 54.9 Å². The monoisotopic (exact) mass is 334 g/mol. The zero-order chi connectivity index (χ0) is 16.1. The molecule has 1 atom stereocenters. The van der Waals surface area contributed by atoms with Gasteiger partial charge in [-0.25, -0.2) is 0 Å². The molecule has 23 heavy (non-hydrogen) atoms. The molecule has 1 aromatic carbocycles. The molecule has 1 N–H and O–H groups in total. The van der Waals surface area contributed by atoms with E-state index in [1.807, 2.05) is 16.7 Å². The summed E-state index contributed by atoms with van der Waals surface area (Å²) in [6.07, 6.45) is 2.73. The maximum atomic E-state index is 12.4. The van der Waals surface area contributed by atoms with Gasteiger partial charge in [-0.05, 0) is 31.9 Å². The van der Waals surface area contributed by atoms with Crippen LogP contribution in [0.4, 0.5) is 0 Å². The first kappa shape index (κ1) is 16.8. The molecule has 1 amide bonds. The van der Waals surface area contributed by atoms with Crippen LogP contribution in [0.1, 0.15) is 24.8 Å². The molecule has 1 aromatic rings. The van der Waals surface area contributed by atoms with Crippen molar-refractivity contribution in [2.24, 2.45) is 0 Å². The van der Waals surface area contributed by atoms with E-state index >= 15 is 0 Å². The van der Waals surface area contributed by atoms with E-state index in [4.69, 9.17) is 4.74 Å². The van der Waals surface area contributed by atoms with Gasteiger partial charge in [0.15, 0.2) is 0 Å². The molecule has 126 valence electrons. The number of ether oxygens (including phenoxy) is 1. The number of thioether (sulfide) groups is 1. The van der Waals surface area contributed by atoms with Crippen molar-refractivity contribution in [3.63, 3.8) is 0 Å². The van der Waals surface area contributed by atoms with Gasteiger partial charge in [0.25, 0.3) is 0 Å². The molecule has 0 spiro atoms. The van der Waals surface area contributed by atoms with Crippen LogP contribution in [0.5, 0.6) is 0 Å². The van der Waals surface area contributed by atoms with Gasteiger partial charge in [0.05, 0.1) is 13.2 Å². The van der Waals surface area contributed by atoms with Gasteiger partial charge < -0.3 is 15.0 Å². The van der Waals surface area contributed by atoms with Crippen molar-refractivity contribution in [2.45, 2.75) is 42.4 Å². The molecule has 0 unspecified atom stereocenters. The minimum Gasteiger partial charge on any atom is -0.378 e. The van der Waals surface area contributed by atoms with E-state index < -0.39 is 0 Å². The Morgan fingerprint density at radius 3 is 2.70 bits per heavy atom. The third kappa shape index (κ3) is 4.96. The standard InChI is InChI=1S/C18H26N2O2S/c1-14-2-4-16(5-3-14)23-17-6-9-20(10-7-17)18(21)12-15-13-22-11-8-19-15/h2-5,15,17,19H,6-13H2,1H3/t15-/m1/s1. The number of aryl methyl sites for hydroxylation is 1. The van der Waals surface area contributed by atoms with Crippen molar-refractivity contribution in [1.29, 1.82) is 0 Å². The van der Waals surface area contributed by atoms with E-state index in [2.05, 4.69) is 36.5 Å². The molecular weight excluding hydrogens is 308 g/mol. The van der Waals surface area contributed by atoms with Crippen LogP contribution in [0.3, 0.4) is 0 Å². The molecule has 2 aliphatic heterocycles. The minimum atomic E-state index is 0.191. The summed E-state index contributed by atoms with van der Waals surface area (Å²) in [6.45, 7) is 6.15. The van der Waals surface area contributed by atoms with Crippen molar-refractivity contribution < 1.29 is 9.53 Å². The summed E-state index contributed by atoms with van der Waals surface area (Å²) in [6, 6.07) is 8.93. The number of carbonyl (C=O) groups excluding carboxylic acids is 1. The lowest BCUT2D eigenvalue weighted by atomic mass is 10.1. The number of benzene rings is 1. The Balaban J connectivity index is 1.42. The third-order valence-corrected chi connectivity index (χ3v) is 5.89. The summed E-state index contributed by atoms with van der Waals surface area (Å²) in [5.74, 6) is 0.270. The van der Waals surface area contributed by atoms with Gasteiger partial charge >= 0.3 is 0 Å². The Labute approximate surface area is 143 Å². The number of amides is 1. The largest absolute Gasteiger partial charge is 0.378 e. The van der Waals surface area contributed by atoms with Gasteiger partial charge in [-0.2, -0.15) is 0 Å². The number of hydrogen-bond donors (Lipinski definition) is 1. The van der Waals surface area contributed by atoms with Crippen molar-refractivity contribution in [3.05, 3.63) is 29.8 Å². The Kier molecular flexibility index (Phi) is 5.97. The van der Waals surface area contributed by atoms with E-state index in [-0.39, 0.29) is 11.9 Å². The molecular formula is C18H26N2O2S. The van der Waals surface area contributed by atoms with Gasteiger partial charge in [0.1, 0.15) is 0 Å². The molecule has 5 heteroatoms. The van der Waals surface area contributed by atoms with Crippen molar-refractivity contribution in [1.82, 2.24) is 10.2 Å². The summed E-state index contributed by atoms with van der Waals surface area (Å²) in [4.78, 5) is 15.8. The van der Waals surface area contributed by atoms with Crippen LogP contribution in [0.25, 0.3) is 0 Å². The highest BCUT2D eigenvalue weighted by molar-refractivity contribution is 8.00. The zero-order valence-corrected chi connectivity index (χ0v) is 14.6. The first-order chi connectivity index (χ1) is 11.2. The highest BCUT2D eigenvalue weighted by atomic mass is 32.2. The molecule has 4 nitrogen and oxygen atoms in total. The van der Waals surface area contributed by atoms with Gasteiger partial charge in [-0.1, -0.05) is 17.7 Å². The van der Waals surface area contributed by atoms with Crippen molar-refractivity contribution >= 4 is 17.7 Å². The number of piperidine rings is 1. The predicted molar refractivity (Wildman–Crippen MR) is 93.9 cm³/mol. The van der Waals surface area contributed by atoms with E-state index in [1.54, 1.807) is 0 Å². The Hall–Kier alpha value is -1.04. The SMILES string of the molecule is Cc1ccc(SC2CCN(C(=O)C[C@@H]3COCCN3)CC2)cc1. The van der Waals surface area contributed by atoms with E-state index in [9.17, 15) is 4.79 Å². The Morgan fingerprint density at radius 2 is 2.04 bits per heavy atom. The van der Waals surface area contributed by atoms with Crippen LogP contribution >= 0.6 is 11.8 Å². The molecule has 2 saturated heterocycles. The number of carbonyl (C=O) groups is 1. The van der Waals surface area contributed by atoms with Gasteiger partial charge in [-0.3, -0.25) is 4.79 Å². The van der Waals surface area contributed by atoms with Gasteiger partial charge in [-0.15, -0.1) is 11.8 Å². The number of rotatable bonds is 4. The normalized spacial score (nSPS) is 23.0. The molecule has 2 aliphatic rings. The van der Waals surface area contributed by atoms with Crippen LogP contribution in [-0.2, 0) is 9.53 Å². The lowest BCUT2D eigenvalue weighted by Gasteiger charge is -2.33. The fourth-order valence-electron chi connectivity index (χ4n) is 3.12.